The minimum Gasteiger partial charge on any atom is -0.292 e. The van der Waals surface area contributed by atoms with Crippen LogP contribution in [0.4, 0.5) is 0 Å². The van der Waals surface area contributed by atoms with Gasteiger partial charge in [-0.15, -0.1) is 0 Å². The summed E-state index contributed by atoms with van der Waals surface area (Å²) in [6, 6.07) is 9.54. The second kappa shape index (κ2) is 9.35. The number of aryl methyl sites for hydroxylation is 2. The molecule has 1 heterocycles. The van der Waals surface area contributed by atoms with Crippen molar-refractivity contribution in [1.29, 1.82) is 0 Å². The van der Waals surface area contributed by atoms with Gasteiger partial charge in [-0.05, 0) is 69.0 Å². The molecule has 0 unspecified atom stereocenters. The van der Waals surface area contributed by atoms with Gasteiger partial charge in [-0.3, -0.25) is 19.2 Å². The molecule has 3 amide bonds. The van der Waals surface area contributed by atoms with Crippen molar-refractivity contribution in [2.24, 2.45) is 11.8 Å². The lowest BCUT2D eigenvalue weighted by Crippen LogP contribution is -2.52. The number of ketones is 1. The van der Waals surface area contributed by atoms with Crippen LogP contribution in [0.1, 0.15) is 51.6 Å². The summed E-state index contributed by atoms with van der Waals surface area (Å²) in [4.78, 5) is 53.5. The first kappa shape index (κ1) is 24.2. The van der Waals surface area contributed by atoms with Crippen molar-refractivity contribution >= 4 is 46.7 Å². The Kier molecular flexibility index (Phi) is 6.65. The van der Waals surface area contributed by atoms with Crippen LogP contribution in [-0.4, -0.2) is 40.1 Å². The van der Waals surface area contributed by atoms with E-state index in [0.29, 0.717) is 23.4 Å². The van der Waals surface area contributed by atoms with Crippen LogP contribution in [0.5, 0.6) is 0 Å². The highest BCUT2D eigenvalue weighted by atomic mass is 35.5. The number of imide groups is 1. The van der Waals surface area contributed by atoms with Gasteiger partial charge in [0.25, 0.3) is 17.7 Å². The van der Waals surface area contributed by atoms with Crippen molar-refractivity contribution < 1.29 is 19.2 Å². The summed E-state index contributed by atoms with van der Waals surface area (Å²) in [7, 11) is 0. The molecule has 0 aromatic heterocycles. The summed E-state index contributed by atoms with van der Waals surface area (Å²) in [6.07, 6.45) is 2.81. The largest absolute Gasteiger partial charge is 0.292 e. The molecule has 1 fully saturated rings. The van der Waals surface area contributed by atoms with Gasteiger partial charge in [-0.1, -0.05) is 47.0 Å². The second-order valence-corrected chi connectivity index (χ2v) is 9.74. The fraction of sp³-hybridized carbons (Fsp3) is 0.308. The standard InChI is InChI=1S/C26H24Cl2N2O4/c1-14-4-8-19-21(10-14)26(34)30(25(19)33)29(24(32)20-9-7-18(27)12-22(20)28)13-23(31)17-6-5-15(2)16(3)11-17/h4-7,9,11-12,19,21H,8,10,13H2,1-3H3/t19-,21-/m1/s1. The predicted octanol–water partition coefficient (Wildman–Crippen LogP) is 5.19. The van der Waals surface area contributed by atoms with Crippen LogP contribution in [0.2, 0.25) is 10.0 Å². The van der Waals surface area contributed by atoms with E-state index in [0.717, 1.165) is 26.7 Å². The van der Waals surface area contributed by atoms with Crippen LogP contribution in [0.3, 0.4) is 0 Å². The molecule has 0 bridgehead atoms. The molecule has 176 valence electrons. The zero-order chi connectivity index (χ0) is 24.7. The lowest BCUT2D eigenvalue weighted by molar-refractivity contribution is -0.154. The fourth-order valence-electron chi connectivity index (χ4n) is 4.44. The van der Waals surface area contributed by atoms with Crippen molar-refractivity contribution in [1.82, 2.24) is 10.0 Å². The SMILES string of the molecule is CC1=CC[C@H]2C(=O)N(N(CC(=O)c3ccc(C)c(C)c3)C(=O)c3ccc(Cl)cc3Cl)C(=O)[C@@H]2C1. The van der Waals surface area contributed by atoms with E-state index in [4.69, 9.17) is 23.2 Å². The molecule has 6 nitrogen and oxygen atoms in total. The lowest BCUT2D eigenvalue weighted by atomic mass is 9.82. The number of carbonyl (C=O) groups excluding carboxylic acids is 4. The molecular formula is C26H24Cl2N2O4. The Morgan fingerprint density at radius 1 is 0.971 bits per heavy atom. The summed E-state index contributed by atoms with van der Waals surface area (Å²) in [5.74, 6) is -3.18. The smallest absolute Gasteiger partial charge is 0.274 e. The molecule has 2 aliphatic rings. The van der Waals surface area contributed by atoms with Gasteiger partial charge in [0.15, 0.2) is 5.78 Å². The molecule has 8 heteroatoms. The Labute approximate surface area is 208 Å². The zero-order valence-electron chi connectivity index (χ0n) is 19.1. The Balaban J connectivity index is 1.73. The van der Waals surface area contributed by atoms with E-state index in [9.17, 15) is 19.2 Å². The number of hydrogen-bond acceptors (Lipinski definition) is 4. The zero-order valence-corrected chi connectivity index (χ0v) is 20.6. The highest BCUT2D eigenvalue weighted by Crippen LogP contribution is 2.39. The van der Waals surface area contributed by atoms with E-state index in [-0.39, 0.29) is 10.6 Å². The Morgan fingerprint density at radius 2 is 1.68 bits per heavy atom. The molecule has 1 saturated heterocycles. The topological polar surface area (TPSA) is 74.8 Å². The molecule has 0 saturated carbocycles. The maximum Gasteiger partial charge on any atom is 0.274 e. The summed E-state index contributed by atoms with van der Waals surface area (Å²) in [6.45, 7) is 5.25. The Hall–Kier alpha value is -2.96. The first-order valence-corrected chi connectivity index (χ1v) is 11.7. The normalized spacial score (nSPS) is 19.7. The molecule has 34 heavy (non-hydrogen) atoms. The molecule has 0 N–H and O–H groups in total. The predicted molar refractivity (Wildman–Crippen MR) is 130 cm³/mol. The van der Waals surface area contributed by atoms with Crippen molar-refractivity contribution in [2.45, 2.75) is 33.6 Å². The number of hydrazine groups is 1. The number of benzene rings is 2. The third-order valence-electron chi connectivity index (χ3n) is 6.56. The van der Waals surface area contributed by atoms with Gasteiger partial charge in [0, 0.05) is 10.6 Å². The number of rotatable bonds is 5. The lowest BCUT2D eigenvalue weighted by Gasteiger charge is -2.30. The van der Waals surface area contributed by atoms with Gasteiger partial charge in [-0.2, -0.15) is 5.01 Å². The number of halogens is 2. The highest BCUT2D eigenvalue weighted by molar-refractivity contribution is 6.36. The number of Topliss-reactive ketones (excluding diaryl/α,β-unsaturated/α-hetero) is 1. The Morgan fingerprint density at radius 3 is 2.35 bits per heavy atom. The molecule has 0 spiro atoms. The molecule has 4 rings (SSSR count). The molecule has 0 radical (unpaired) electrons. The third kappa shape index (κ3) is 4.40. The Bertz CT molecular complexity index is 1250. The van der Waals surface area contributed by atoms with E-state index in [1.807, 2.05) is 32.9 Å². The van der Waals surface area contributed by atoms with Crippen LogP contribution in [0.25, 0.3) is 0 Å². The average Bonchev–Trinajstić information content (AvgIpc) is 3.02. The van der Waals surface area contributed by atoms with Crippen LogP contribution in [-0.2, 0) is 9.59 Å². The number of amides is 3. The van der Waals surface area contributed by atoms with E-state index >= 15 is 0 Å². The molecule has 2 atom stereocenters. The molecule has 1 aliphatic heterocycles. The van der Waals surface area contributed by atoms with E-state index in [2.05, 4.69) is 0 Å². The van der Waals surface area contributed by atoms with Gasteiger partial charge >= 0.3 is 0 Å². The van der Waals surface area contributed by atoms with Crippen molar-refractivity contribution in [3.05, 3.63) is 80.3 Å². The third-order valence-corrected chi connectivity index (χ3v) is 7.11. The first-order chi connectivity index (χ1) is 16.1. The van der Waals surface area contributed by atoms with Crippen LogP contribution >= 0.6 is 23.2 Å². The summed E-state index contributed by atoms with van der Waals surface area (Å²) >= 11 is 12.2. The summed E-state index contributed by atoms with van der Waals surface area (Å²) in [5.41, 5.74) is 3.40. The number of nitrogens with zero attached hydrogens (tertiary/aromatic N) is 2. The summed E-state index contributed by atoms with van der Waals surface area (Å²) in [5, 5.41) is 2.19. The van der Waals surface area contributed by atoms with Crippen LogP contribution in [0, 0.1) is 25.7 Å². The van der Waals surface area contributed by atoms with Crippen LogP contribution < -0.4 is 0 Å². The second-order valence-electron chi connectivity index (χ2n) is 8.90. The highest BCUT2D eigenvalue weighted by Gasteiger charge is 2.51. The van der Waals surface area contributed by atoms with Gasteiger partial charge < -0.3 is 0 Å². The van der Waals surface area contributed by atoms with Gasteiger partial charge in [0.05, 0.1) is 22.4 Å². The first-order valence-electron chi connectivity index (χ1n) is 11.0. The van der Waals surface area contributed by atoms with E-state index in [1.54, 1.807) is 12.1 Å². The number of hydrogen-bond donors (Lipinski definition) is 0. The van der Waals surface area contributed by atoms with Crippen molar-refractivity contribution in [3.8, 4) is 0 Å². The number of carbonyl (C=O) groups is 4. The van der Waals surface area contributed by atoms with Crippen molar-refractivity contribution in [3.63, 3.8) is 0 Å². The molecule has 1 aliphatic carbocycles. The number of fused-ring (bicyclic) bond motifs is 1. The quantitative estimate of drug-likeness (QED) is 0.322. The van der Waals surface area contributed by atoms with Gasteiger partial charge in [-0.25, -0.2) is 5.01 Å². The molecular weight excluding hydrogens is 475 g/mol. The number of allylic oxidation sites excluding steroid dienone is 2. The molecule has 2 aromatic rings. The van der Waals surface area contributed by atoms with Gasteiger partial charge in [0.2, 0.25) is 0 Å². The molecule has 2 aromatic carbocycles. The maximum absolute atomic E-state index is 13.6. The summed E-state index contributed by atoms with van der Waals surface area (Å²) < 4.78 is 0. The van der Waals surface area contributed by atoms with E-state index in [1.165, 1.54) is 18.2 Å². The maximum atomic E-state index is 13.6. The van der Waals surface area contributed by atoms with E-state index < -0.39 is 41.9 Å². The van der Waals surface area contributed by atoms with Gasteiger partial charge in [0.1, 0.15) is 6.54 Å². The monoisotopic (exact) mass is 498 g/mol. The van der Waals surface area contributed by atoms with Crippen molar-refractivity contribution in [2.75, 3.05) is 6.54 Å². The average molecular weight is 499 g/mol. The minimum atomic E-state index is -0.719. The minimum absolute atomic E-state index is 0.0451. The fourth-order valence-corrected chi connectivity index (χ4v) is 4.92. The van der Waals surface area contributed by atoms with Crippen LogP contribution in [0.15, 0.2) is 48.0 Å².